The van der Waals surface area contributed by atoms with Gasteiger partial charge in [-0.3, -0.25) is 20.2 Å². The highest BCUT2D eigenvalue weighted by Gasteiger charge is 2.30. The Labute approximate surface area is 274 Å². The summed E-state index contributed by atoms with van der Waals surface area (Å²) >= 11 is 0. The molecule has 0 atom stereocenters. The summed E-state index contributed by atoms with van der Waals surface area (Å²) in [5.74, 6) is -0.685. The van der Waals surface area contributed by atoms with E-state index in [1.54, 1.807) is 38.1 Å². The number of benzene rings is 4. The largest absolute Gasteiger partial charge is 0.502 e. The Bertz CT molecular complexity index is 1780. The van der Waals surface area contributed by atoms with Gasteiger partial charge in [0.15, 0.2) is 5.75 Å². The van der Waals surface area contributed by atoms with Crippen molar-refractivity contribution in [1.29, 1.82) is 0 Å². The van der Waals surface area contributed by atoms with Gasteiger partial charge in [-0.2, -0.15) is 0 Å². The molecule has 0 amide bonds. The van der Waals surface area contributed by atoms with Crippen molar-refractivity contribution in [1.82, 2.24) is 0 Å². The fourth-order valence-electron chi connectivity index (χ4n) is 5.97. The number of hydrogen-bond donors (Lipinski definition) is 1. The van der Waals surface area contributed by atoms with Crippen LogP contribution in [0.2, 0.25) is 0 Å². The number of carbonyl (C=O) groups excluding carboxylic acids is 1. The van der Waals surface area contributed by atoms with Crippen LogP contribution in [0.1, 0.15) is 78.1 Å². The normalized spacial score (nSPS) is 10.9. The van der Waals surface area contributed by atoms with E-state index in [1.165, 1.54) is 51.7 Å². The van der Waals surface area contributed by atoms with E-state index in [9.17, 15) is 30.1 Å². The van der Waals surface area contributed by atoms with E-state index in [4.69, 9.17) is 9.47 Å². The van der Waals surface area contributed by atoms with Crippen molar-refractivity contribution in [2.75, 3.05) is 6.61 Å². The minimum absolute atomic E-state index is 0.174. The van der Waals surface area contributed by atoms with Crippen LogP contribution in [-0.4, -0.2) is 27.5 Å². The number of ether oxygens (including phenoxy) is 2. The Kier molecular flexibility index (Phi) is 11.3. The van der Waals surface area contributed by atoms with Crippen molar-refractivity contribution in [2.45, 2.75) is 73.1 Å². The lowest BCUT2D eigenvalue weighted by atomic mass is 9.87. The maximum absolute atomic E-state index is 13.2. The molecular weight excluding hydrogens is 600 g/mol. The summed E-state index contributed by atoms with van der Waals surface area (Å²) in [6.07, 6.45) is 7.20. The molecule has 47 heavy (non-hydrogen) atoms. The highest BCUT2D eigenvalue weighted by Crippen LogP contribution is 2.46. The monoisotopic (exact) mass is 640 g/mol. The van der Waals surface area contributed by atoms with Crippen LogP contribution in [0.5, 0.6) is 17.2 Å². The number of phenolic OH excluding ortho intramolecular Hbond substituents is 1. The smallest absolute Gasteiger partial charge is 0.343 e. The van der Waals surface area contributed by atoms with E-state index < -0.39 is 32.9 Å². The third-order valence-electron chi connectivity index (χ3n) is 8.32. The first kappa shape index (κ1) is 34.6. The lowest BCUT2D eigenvalue weighted by Crippen LogP contribution is -2.11. The fraction of sp³-hybridized carbons (Fsp3) is 0.324. The maximum Gasteiger partial charge on any atom is 0.343 e. The molecule has 0 aliphatic carbocycles. The molecule has 4 aromatic rings. The average molecular weight is 641 g/mol. The Balaban J connectivity index is 1.51. The first-order valence-electron chi connectivity index (χ1n) is 15.8. The van der Waals surface area contributed by atoms with Crippen LogP contribution in [0, 0.1) is 47.9 Å². The second-order valence-electron chi connectivity index (χ2n) is 11.7. The summed E-state index contributed by atoms with van der Waals surface area (Å²) in [7, 11) is 0. The van der Waals surface area contributed by atoms with Crippen LogP contribution < -0.4 is 9.47 Å². The number of unbranched alkanes of at least 4 members (excludes halogenated alkanes) is 5. The molecule has 4 rings (SSSR count). The van der Waals surface area contributed by atoms with E-state index in [0.717, 1.165) is 29.7 Å². The average Bonchev–Trinajstić information content (AvgIpc) is 3.01. The fourth-order valence-corrected chi connectivity index (χ4v) is 5.97. The van der Waals surface area contributed by atoms with Crippen molar-refractivity contribution < 1.29 is 29.2 Å². The number of carbonyl (C=O) groups is 1. The van der Waals surface area contributed by atoms with Gasteiger partial charge < -0.3 is 14.6 Å². The van der Waals surface area contributed by atoms with E-state index in [-0.39, 0.29) is 22.4 Å². The predicted octanol–water partition coefficient (Wildman–Crippen LogP) is 9.73. The van der Waals surface area contributed by atoms with E-state index >= 15 is 0 Å². The van der Waals surface area contributed by atoms with Gasteiger partial charge in [0.25, 0.3) is 0 Å². The van der Waals surface area contributed by atoms with Crippen LogP contribution >= 0.6 is 0 Å². The molecule has 246 valence electrons. The predicted molar refractivity (Wildman–Crippen MR) is 182 cm³/mol. The molecule has 0 fully saturated rings. The van der Waals surface area contributed by atoms with Crippen molar-refractivity contribution >= 4 is 17.3 Å². The molecule has 0 saturated heterocycles. The minimum atomic E-state index is -0.766. The number of nitro benzene ring substituents is 2. The summed E-state index contributed by atoms with van der Waals surface area (Å²) in [4.78, 5) is 35.8. The van der Waals surface area contributed by atoms with E-state index in [0.29, 0.717) is 28.9 Å². The third kappa shape index (κ3) is 7.95. The van der Waals surface area contributed by atoms with Gasteiger partial charge in [-0.05, 0) is 104 Å². The number of rotatable bonds is 14. The number of nitrogens with zero attached hydrogens (tertiary/aromatic N) is 2. The molecular formula is C37H40N2O8. The molecule has 4 aromatic carbocycles. The first-order valence-corrected chi connectivity index (χ1v) is 15.8. The Hall–Kier alpha value is -5.25. The SMILES string of the molecule is CCCCCCCCOc1ccc(-c2ccc(C(=O)Oc3cc(C)c(-c4c(C)cc(O)c([N+](=O)[O-])c4C)c(C)c3[N+](=O)[O-])cc2)cc1. The molecule has 1 N–H and O–H groups in total. The Morgan fingerprint density at radius 2 is 1.23 bits per heavy atom. The first-order chi connectivity index (χ1) is 22.4. The second-order valence-corrected chi connectivity index (χ2v) is 11.7. The van der Waals surface area contributed by atoms with Crippen molar-refractivity contribution in [3.8, 4) is 39.5 Å². The van der Waals surface area contributed by atoms with Gasteiger partial charge in [0.2, 0.25) is 5.75 Å². The number of phenols is 1. The zero-order valence-electron chi connectivity index (χ0n) is 27.4. The Morgan fingerprint density at radius 3 is 1.81 bits per heavy atom. The second kappa shape index (κ2) is 15.4. The summed E-state index contributed by atoms with van der Waals surface area (Å²) in [6, 6.07) is 17.1. The molecule has 0 radical (unpaired) electrons. The molecule has 0 unspecified atom stereocenters. The lowest BCUT2D eigenvalue weighted by Gasteiger charge is -2.18. The molecule has 0 heterocycles. The van der Waals surface area contributed by atoms with Gasteiger partial charge in [-0.1, -0.05) is 63.3 Å². The van der Waals surface area contributed by atoms with Crippen molar-refractivity contribution in [2.24, 2.45) is 0 Å². The van der Waals surface area contributed by atoms with Crippen LogP contribution in [0.3, 0.4) is 0 Å². The van der Waals surface area contributed by atoms with Gasteiger partial charge in [-0.25, -0.2) is 4.79 Å². The molecule has 0 aliphatic heterocycles. The van der Waals surface area contributed by atoms with Crippen LogP contribution in [0.4, 0.5) is 11.4 Å². The van der Waals surface area contributed by atoms with Gasteiger partial charge in [0.1, 0.15) is 5.75 Å². The van der Waals surface area contributed by atoms with Gasteiger partial charge >= 0.3 is 17.3 Å². The van der Waals surface area contributed by atoms with Crippen molar-refractivity contribution in [3.63, 3.8) is 0 Å². The lowest BCUT2D eigenvalue weighted by molar-refractivity contribution is -0.386. The Morgan fingerprint density at radius 1 is 0.723 bits per heavy atom. The summed E-state index contributed by atoms with van der Waals surface area (Å²) in [6.45, 7) is 9.23. The molecule has 0 spiro atoms. The van der Waals surface area contributed by atoms with E-state index in [2.05, 4.69) is 6.92 Å². The van der Waals surface area contributed by atoms with Crippen molar-refractivity contribution in [3.05, 3.63) is 109 Å². The molecule has 0 saturated carbocycles. The highest BCUT2D eigenvalue weighted by molar-refractivity contribution is 5.93. The number of esters is 1. The molecule has 10 heteroatoms. The zero-order chi connectivity index (χ0) is 34.2. The third-order valence-corrected chi connectivity index (χ3v) is 8.32. The maximum atomic E-state index is 13.2. The minimum Gasteiger partial charge on any atom is -0.502 e. The van der Waals surface area contributed by atoms with Crippen LogP contribution in [0.25, 0.3) is 22.3 Å². The standard InChI is InChI=1S/C37H40N2O8/c1-6-7-8-9-10-11-20-46-30-18-16-28(17-19-30)27-12-14-29(15-13-27)37(41)47-32-22-24(3)34(26(5)36(32)39(44)45)33-23(2)21-31(40)35(25(33)4)38(42)43/h12-19,21-22,40H,6-11,20H2,1-5H3. The molecule has 0 aromatic heterocycles. The number of aryl methyl sites for hydroxylation is 2. The van der Waals surface area contributed by atoms with E-state index in [1.807, 2.05) is 24.3 Å². The number of nitro groups is 2. The summed E-state index contributed by atoms with van der Waals surface area (Å²) in [5, 5.41) is 34.1. The summed E-state index contributed by atoms with van der Waals surface area (Å²) in [5.41, 5.74) is 3.30. The van der Waals surface area contributed by atoms with Gasteiger partial charge in [0, 0.05) is 11.1 Å². The quantitative estimate of drug-likeness (QED) is 0.0472. The molecule has 0 bridgehead atoms. The summed E-state index contributed by atoms with van der Waals surface area (Å²) < 4.78 is 11.4. The molecule has 0 aliphatic rings. The number of aromatic hydroxyl groups is 1. The van der Waals surface area contributed by atoms with Crippen LogP contribution in [0.15, 0.2) is 60.7 Å². The molecule has 10 nitrogen and oxygen atoms in total. The van der Waals surface area contributed by atoms with Gasteiger partial charge in [0.05, 0.1) is 22.0 Å². The van der Waals surface area contributed by atoms with Crippen LogP contribution in [-0.2, 0) is 0 Å². The highest BCUT2D eigenvalue weighted by atomic mass is 16.6. The topological polar surface area (TPSA) is 142 Å². The number of hydrogen-bond acceptors (Lipinski definition) is 8. The van der Waals surface area contributed by atoms with Gasteiger partial charge in [-0.15, -0.1) is 0 Å². The zero-order valence-corrected chi connectivity index (χ0v) is 27.4.